The van der Waals surface area contributed by atoms with Crippen LogP contribution >= 0.6 is 0 Å². The van der Waals surface area contributed by atoms with Crippen molar-refractivity contribution < 1.29 is 14.3 Å². The molecule has 0 spiro atoms. The van der Waals surface area contributed by atoms with Crippen LogP contribution in [0.25, 0.3) is 11.0 Å². The van der Waals surface area contributed by atoms with Crippen LogP contribution in [0.5, 0.6) is 0 Å². The van der Waals surface area contributed by atoms with Crippen LogP contribution in [0, 0.1) is 11.3 Å². The number of rotatable bonds is 2. The molecule has 2 rings (SSSR count). The maximum atomic E-state index is 10.6. The van der Waals surface area contributed by atoms with Crippen molar-refractivity contribution in [3.05, 3.63) is 35.6 Å². The topological polar surface area (TPSA) is 74.2 Å². The fourth-order valence-electron chi connectivity index (χ4n) is 1.40. The van der Waals surface area contributed by atoms with E-state index in [1.807, 2.05) is 6.07 Å². The molecule has 0 unspecified atom stereocenters. The maximum Gasteiger partial charge on any atom is 0.371 e. The predicted octanol–water partition coefficient (Wildman–Crippen LogP) is 2.20. The van der Waals surface area contributed by atoms with Crippen LogP contribution in [0.3, 0.4) is 0 Å². The Balaban J connectivity index is 2.53. The number of nitriles is 1. The Morgan fingerprint density at radius 1 is 1.47 bits per heavy atom. The molecule has 0 saturated carbocycles. The quantitative estimate of drug-likeness (QED) is 0.808. The number of carboxylic acids is 1. The third kappa shape index (κ3) is 1.67. The summed E-state index contributed by atoms with van der Waals surface area (Å²) in [6.07, 6.45) is 0.309. The summed E-state index contributed by atoms with van der Waals surface area (Å²) in [7, 11) is 0. The molecule has 0 atom stereocenters. The highest BCUT2D eigenvalue weighted by Gasteiger charge is 2.10. The van der Waals surface area contributed by atoms with Crippen LogP contribution in [0.1, 0.15) is 16.1 Å². The number of hydrogen-bond donors (Lipinski definition) is 1. The fraction of sp³-hybridized carbons (Fsp3) is 0.0909. The van der Waals surface area contributed by atoms with Crippen LogP contribution in [-0.4, -0.2) is 11.1 Å². The normalized spacial score (nSPS) is 10.1. The Labute approximate surface area is 85.4 Å². The minimum absolute atomic E-state index is 0.0842. The molecular formula is C11H7NO3. The van der Waals surface area contributed by atoms with E-state index in [-0.39, 0.29) is 5.76 Å². The lowest BCUT2D eigenvalue weighted by Crippen LogP contribution is -1.91. The van der Waals surface area contributed by atoms with Gasteiger partial charge in [0, 0.05) is 5.39 Å². The van der Waals surface area contributed by atoms with Crippen molar-refractivity contribution in [1.29, 1.82) is 5.26 Å². The molecule has 0 aliphatic rings. The van der Waals surface area contributed by atoms with Crippen molar-refractivity contribution in [2.24, 2.45) is 0 Å². The molecule has 0 bridgehead atoms. The summed E-state index contributed by atoms with van der Waals surface area (Å²) in [5.41, 5.74) is 1.37. The van der Waals surface area contributed by atoms with Gasteiger partial charge in [0.15, 0.2) is 0 Å². The zero-order valence-corrected chi connectivity index (χ0v) is 7.73. The highest BCUT2D eigenvalue weighted by molar-refractivity contribution is 5.91. The molecule has 0 amide bonds. The van der Waals surface area contributed by atoms with Crippen LogP contribution in [-0.2, 0) is 6.42 Å². The summed E-state index contributed by atoms with van der Waals surface area (Å²) in [6.45, 7) is 0. The van der Waals surface area contributed by atoms with Gasteiger partial charge in [-0.3, -0.25) is 0 Å². The predicted molar refractivity (Wildman–Crippen MR) is 52.5 cm³/mol. The van der Waals surface area contributed by atoms with Gasteiger partial charge in [0.05, 0.1) is 12.5 Å². The molecule has 4 nitrogen and oxygen atoms in total. The van der Waals surface area contributed by atoms with E-state index >= 15 is 0 Å². The van der Waals surface area contributed by atoms with E-state index in [2.05, 4.69) is 0 Å². The van der Waals surface area contributed by atoms with Crippen LogP contribution in [0.15, 0.2) is 28.7 Å². The largest absolute Gasteiger partial charge is 0.475 e. The Morgan fingerprint density at radius 3 is 2.93 bits per heavy atom. The highest BCUT2D eigenvalue weighted by Crippen LogP contribution is 2.20. The second-order valence-electron chi connectivity index (χ2n) is 3.12. The molecule has 0 aliphatic carbocycles. The van der Waals surface area contributed by atoms with Crippen molar-refractivity contribution in [3.8, 4) is 6.07 Å². The molecule has 74 valence electrons. The second-order valence-corrected chi connectivity index (χ2v) is 3.12. The van der Waals surface area contributed by atoms with Gasteiger partial charge in [-0.25, -0.2) is 4.79 Å². The molecule has 1 aromatic carbocycles. The summed E-state index contributed by atoms with van der Waals surface area (Å²) in [5.74, 6) is -1.17. The van der Waals surface area contributed by atoms with Crippen molar-refractivity contribution in [1.82, 2.24) is 0 Å². The standard InChI is InChI=1S/C11H7NO3/c12-4-3-7-1-2-9-8(5-7)6-10(15-9)11(13)14/h1-2,5-6H,3H2,(H,13,14). The molecule has 2 aromatic rings. The summed E-state index contributed by atoms with van der Waals surface area (Å²) in [6, 6.07) is 8.67. The first-order valence-corrected chi connectivity index (χ1v) is 4.33. The summed E-state index contributed by atoms with van der Waals surface area (Å²) >= 11 is 0. The first-order chi connectivity index (χ1) is 7.20. The Morgan fingerprint density at radius 2 is 2.27 bits per heavy atom. The lowest BCUT2D eigenvalue weighted by molar-refractivity contribution is 0.0665. The van der Waals surface area contributed by atoms with E-state index < -0.39 is 5.97 Å². The van der Waals surface area contributed by atoms with Crippen molar-refractivity contribution in [2.45, 2.75) is 6.42 Å². The third-order valence-electron chi connectivity index (χ3n) is 2.07. The van der Waals surface area contributed by atoms with Crippen LogP contribution in [0.2, 0.25) is 0 Å². The first-order valence-electron chi connectivity index (χ1n) is 4.33. The van der Waals surface area contributed by atoms with Gasteiger partial charge >= 0.3 is 5.97 Å². The number of carbonyl (C=O) groups is 1. The van der Waals surface area contributed by atoms with Crippen molar-refractivity contribution in [2.75, 3.05) is 0 Å². The van der Waals surface area contributed by atoms with E-state index in [4.69, 9.17) is 14.8 Å². The monoisotopic (exact) mass is 201 g/mol. The Bertz CT molecular complexity index is 563. The van der Waals surface area contributed by atoms with Gasteiger partial charge in [-0.1, -0.05) is 6.07 Å². The summed E-state index contributed by atoms with van der Waals surface area (Å²) in [4.78, 5) is 10.6. The maximum absolute atomic E-state index is 10.6. The molecule has 1 aromatic heterocycles. The van der Waals surface area contributed by atoms with Crippen LogP contribution < -0.4 is 0 Å². The Kier molecular flexibility index (Phi) is 2.14. The van der Waals surface area contributed by atoms with Gasteiger partial charge in [0.1, 0.15) is 5.58 Å². The van der Waals surface area contributed by atoms with E-state index in [1.165, 1.54) is 6.07 Å². The minimum atomic E-state index is -1.09. The number of furan rings is 1. The SMILES string of the molecule is N#CCc1ccc2oc(C(=O)O)cc2c1. The van der Waals surface area contributed by atoms with Gasteiger partial charge in [-0.05, 0) is 23.8 Å². The van der Waals surface area contributed by atoms with E-state index in [9.17, 15) is 4.79 Å². The lowest BCUT2D eigenvalue weighted by Gasteiger charge is -1.92. The molecule has 4 heteroatoms. The molecule has 0 aliphatic heterocycles. The minimum Gasteiger partial charge on any atom is -0.475 e. The van der Waals surface area contributed by atoms with Gasteiger partial charge < -0.3 is 9.52 Å². The summed E-state index contributed by atoms with van der Waals surface area (Å²) < 4.78 is 5.08. The molecular weight excluding hydrogens is 194 g/mol. The van der Waals surface area contributed by atoms with Crippen molar-refractivity contribution >= 4 is 16.9 Å². The van der Waals surface area contributed by atoms with Gasteiger partial charge in [-0.2, -0.15) is 5.26 Å². The number of aromatic carboxylic acids is 1. The zero-order valence-electron chi connectivity index (χ0n) is 7.73. The fourth-order valence-corrected chi connectivity index (χ4v) is 1.40. The van der Waals surface area contributed by atoms with E-state index in [0.717, 1.165) is 5.56 Å². The third-order valence-corrected chi connectivity index (χ3v) is 2.07. The number of benzene rings is 1. The smallest absolute Gasteiger partial charge is 0.371 e. The molecule has 0 saturated heterocycles. The zero-order chi connectivity index (χ0) is 10.8. The number of nitrogens with zero attached hydrogens (tertiary/aromatic N) is 1. The number of carboxylic acid groups (broad SMARTS) is 1. The number of hydrogen-bond acceptors (Lipinski definition) is 3. The van der Waals surface area contributed by atoms with Gasteiger partial charge in [0.25, 0.3) is 0 Å². The van der Waals surface area contributed by atoms with Crippen molar-refractivity contribution in [3.63, 3.8) is 0 Å². The average Bonchev–Trinajstić information content (AvgIpc) is 2.61. The first kappa shape index (κ1) is 9.28. The van der Waals surface area contributed by atoms with Gasteiger partial charge in [-0.15, -0.1) is 0 Å². The average molecular weight is 201 g/mol. The van der Waals surface area contributed by atoms with Crippen LogP contribution in [0.4, 0.5) is 0 Å². The Hall–Kier alpha value is -2.28. The second kappa shape index (κ2) is 3.46. The van der Waals surface area contributed by atoms with Gasteiger partial charge in [0.2, 0.25) is 5.76 Å². The molecule has 15 heavy (non-hydrogen) atoms. The highest BCUT2D eigenvalue weighted by atomic mass is 16.4. The molecule has 0 fully saturated rings. The number of fused-ring (bicyclic) bond motifs is 1. The molecule has 0 radical (unpaired) electrons. The molecule has 1 N–H and O–H groups in total. The van der Waals surface area contributed by atoms with E-state index in [0.29, 0.717) is 17.4 Å². The van der Waals surface area contributed by atoms with E-state index in [1.54, 1.807) is 18.2 Å². The summed E-state index contributed by atoms with van der Waals surface area (Å²) in [5, 5.41) is 17.9. The lowest BCUT2D eigenvalue weighted by atomic mass is 10.1. The molecule has 1 heterocycles.